The average Bonchev–Trinajstić information content (AvgIpc) is 2.92. The van der Waals surface area contributed by atoms with Gasteiger partial charge in [0.25, 0.3) is 5.91 Å². The maximum atomic E-state index is 12.9. The van der Waals surface area contributed by atoms with Crippen molar-refractivity contribution in [2.24, 2.45) is 0 Å². The molecule has 0 unspecified atom stereocenters. The van der Waals surface area contributed by atoms with E-state index in [0.29, 0.717) is 18.8 Å². The molecule has 6 heteroatoms. The van der Waals surface area contributed by atoms with Crippen LogP contribution in [0.5, 0.6) is 0 Å². The Morgan fingerprint density at radius 2 is 1.96 bits per heavy atom. The summed E-state index contributed by atoms with van der Waals surface area (Å²) in [4.78, 5) is 14.8. The Hall–Kier alpha value is -1.92. The van der Waals surface area contributed by atoms with Crippen LogP contribution in [0.4, 0.5) is 0 Å². The summed E-state index contributed by atoms with van der Waals surface area (Å²) in [7, 11) is 0. The quantitative estimate of drug-likeness (QED) is 0.804. The van der Waals surface area contributed by atoms with Crippen molar-refractivity contribution in [1.82, 2.24) is 14.5 Å². The number of aromatic nitrogens is 2. The van der Waals surface area contributed by atoms with E-state index in [9.17, 15) is 4.79 Å². The van der Waals surface area contributed by atoms with Gasteiger partial charge in [0.15, 0.2) is 0 Å². The molecule has 0 aromatic carbocycles. The molecule has 0 saturated carbocycles. The van der Waals surface area contributed by atoms with E-state index in [1.165, 1.54) is 0 Å². The van der Waals surface area contributed by atoms with Gasteiger partial charge in [-0.3, -0.25) is 4.79 Å². The normalized spacial score (nSPS) is 21.5. The molecule has 2 aliphatic heterocycles. The summed E-state index contributed by atoms with van der Waals surface area (Å²) in [5.74, 6) is 0.0245. The molecule has 2 aromatic heterocycles. The first-order valence-electron chi connectivity index (χ1n) is 8.21. The molecule has 2 aromatic rings. The Bertz CT molecular complexity index is 706. The van der Waals surface area contributed by atoms with Gasteiger partial charge < -0.3 is 14.4 Å². The number of hydrogen-bond donors (Lipinski definition) is 0. The van der Waals surface area contributed by atoms with Crippen molar-refractivity contribution in [3.8, 4) is 0 Å². The second-order valence-corrected chi connectivity index (χ2v) is 6.26. The molecule has 1 amide bonds. The van der Waals surface area contributed by atoms with E-state index in [1.54, 1.807) is 10.7 Å². The van der Waals surface area contributed by atoms with Crippen LogP contribution in [0, 0.1) is 0 Å². The highest BCUT2D eigenvalue weighted by Crippen LogP contribution is 2.31. The second kappa shape index (κ2) is 5.94. The topological polar surface area (TPSA) is 56.1 Å². The summed E-state index contributed by atoms with van der Waals surface area (Å²) in [6, 6.07) is 7.60. The van der Waals surface area contributed by atoms with Crippen molar-refractivity contribution < 1.29 is 14.3 Å². The van der Waals surface area contributed by atoms with Gasteiger partial charge in [0.05, 0.1) is 17.7 Å². The van der Waals surface area contributed by atoms with Gasteiger partial charge in [0, 0.05) is 32.5 Å². The fourth-order valence-corrected chi connectivity index (χ4v) is 3.51. The van der Waals surface area contributed by atoms with Gasteiger partial charge in [-0.2, -0.15) is 5.10 Å². The second-order valence-electron chi connectivity index (χ2n) is 6.26. The SMILES string of the molecule is O=C(c1ccc2cccnn12)N1CCOC2(CCOCC2)CC1. The minimum absolute atomic E-state index is 0.0245. The molecule has 0 atom stereocenters. The van der Waals surface area contributed by atoms with Crippen LogP contribution in [0.1, 0.15) is 29.8 Å². The maximum Gasteiger partial charge on any atom is 0.272 e. The Labute approximate surface area is 135 Å². The van der Waals surface area contributed by atoms with Crippen LogP contribution in [0.2, 0.25) is 0 Å². The molecule has 122 valence electrons. The molecule has 4 rings (SSSR count). The van der Waals surface area contributed by atoms with Gasteiger partial charge in [-0.15, -0.1) is 0 Å². The van der Waals surface area contributed by atoms with E-state index in [2.05, 4.69) is 5.10 Å². The van der Waals surface area contributed by atoms with E-state index < -0.39 is 0 Å². The van der Waals surface area contributed by atoms with Gasteiger partial charge in [-0.1, -0.05) is 0 Å². The van der Waals surface area contributed by atoms with Gasteiger partial charge >= 0.3 is 0 Å². The lowest BCUT2D eigenvalue weighted by Crippen LogP contribution is -2.40. The summed E-state index contributed by atoms with van der Waals surface area (Å²) in [5.41, 5.74) is 1.44. The van der Waals surface area contributed by atoms with Crippen molar-refractivity contribution in [3.63, 3.8) is 0 Å². The lowest BCUT2D eigenvalue weighted by Gasteiger charge is -2.35. The van der Waals surface area contributed by atoms with Crippen molar-refractivity contribution in [3.05, 3.63) is 36.2 Å². The summed E-state index contributed by atoms with van der Waals surface area (Å²) >= 11 is 0. The third-order valence-corrected chi connectivity index (χ3v) is 4.94. The highest BCUT2D eigenvalue weighted by Gasteiger charge is 2.36. The number of carbonyl (C=O) groups is 1. The first-order valence-corrected chi connectivity index (χ1v) is 8.21. The minimum Gasteiger partial charge on any atom is -0.381 e. The standard InChI is InChI=1S/C17H21N3O3/c21-16(15-4-3-14-2-1-8-18-20(14)15)19-9-5-17(23-13-10-19)6-11-22-12-7-17/h1-4,8H,5-7,9-13H2. The van der Waals surface area contributed by atoms with Crippen LogP contribution >= 0.6 is 0 Å². The molecule has 4 heterocycles. The summed E-state index contributed by atoms with van der Waals surface area (Å²) < 4.78 is 13.3. The Morgan fingerprint density at radius 1 is 1.09 bits per heavy atom. The molecule has 0 aliphatic carbocycles. The monoisotopic (exact) mass is 315 g/mol. The molecule has 0 radical (unpaired) electrons. The fourth-order valence-electron chi connectivity index (χ4n) is 3.51. The smallest absolute Gasteiger partial charge is 0.272 e. The zero-order chi connectivity index (χ0) is 15.7. The van der Waals surface area contributed by atoms with Crippen molar-refractivity contribution >= 4 is 11.4 Å². The number of carbonyl (C=O) groups excluding carboxylic acids is 1. The summed E-state index contributed by atoms with van der Waals surface area (Å²) in [6.07, 6.45) is 4.42. The van der Waals surface area contributed by atoms with Crippen LogP contribution in [0.25, 0.3) is 5.52 Å². The van der Waals surface area contributed by atoms with Gasteiger partial charge in [0.2, 0.25) is 0 Å². The van der Waals surface area contributed by atoms with E-state index >= 15 is 0 Å². The van der Waals surface area contributed by atoms with E-state index in [0.717, 1.165) is 44.5 Å². The highest BCUT2D eigenvalue weighted by atomic mass is 16.5. The highest BCUT2D eigenvalue weighted by molar-refractivity contribution is 5.93. The van der Waals surface area contributed by atoms with E-state index in [4.69, 9.17) is 9.47 Å². The summed E-state index contributed by atoms with van der Waals surface area (Å²) in [5, 5.41) is 4.29. The molecule has 23 heavy (non-hydrogen) atoms. The van der Waals surface area contributed by atoms with Gasteiger partial charge in [-0.05, 0) is 43.5 Å². The number of fused-ring (bicyclic) bond motifs is 1. The molecule has 2 fully saturated rings. The Morgan fingerprint density at radius 3 is 2.83 bits per heavy atom. The average molecular weight is 315 g/mol. The van der Waals surface area contributed by atoms with Crippen molar-refractivity contribution in [2.45, 2.75) is 24.9 Å². The molecule has 1 spiro atoms. The minimum atomic E-state index is -0.104. The van der Waals surface area contributed by atoms with Crippen LogP contribution in [-0.2, 0) is 9.47 Å². The van der Waals surface area contributed by atoms with Crippen molar-refractivity contribution in [1.29, 1.82) is 0 Å². The molecule has 2 aliphatic rings. The van der Waals surface area contributed by atoms with Crippen molar-refractivity contribution in [2.75, 3.05) is 32.9 Å². The fraction of sp³-hybridized carbons (Fsp3) is 0.529. The predicted octanol–water partition coefficient (Wildman–Crippen LogP) is 1.75. The van der Waals surface area contributed by atoms with Gasteiger partial charge in [0.1, 0.15) is 5.69 Å². The van der Waals surface area contributed by atoms with Crippen LogP contribution < -0.4 is 0 Å². The zero-order valence-corrected chi connectivity index (χ0v) is 13.1. The van der Waals surface area contributed by atoms with E-state index in [-0.39, 0.29) is 11.5 Å². The third-order valence-electron chi connectivity index (χ3n) is 4.94. The largest absolute Gasteiger partial charge is 0.381 e. The van der Waals surface area contributed by atoms with Crippen LogP contribution in [0.3, 0.4) is 0 Å². The summed E-state index contributed by atoms with van der Waals surface area (Å²) in [6.45, 7) is 3.44. The third kappa shape index (κ3) is 2.72. The van der Waals surface area contributed by atoms with Crippen LogP contribution in [0.15, 0.2) is 30.5 Å². The maximum absolute atomic E-state index is 12.9. The number of nitrogens with zero attached hydrogens (tertiary/aromatic N) is 3. The van der Waals surface area contributed by atoms with Gasteiger partial charge in [-0.25, -0.2) is 4.52 Å². The number of rotatable bonds is 1. The molecule has 0 bridgehead atoms. The van der Waals surface area contributed by atoms with Crippen LogP contribution in [-0.4, -0.2) is 58.9 Å². The molecule has 2 saturated heterocycles. The molecular formula is C17H21N3O3. The number of ether oxygens (including phenoxy) is 2. The zero-order valence-electron chi connectivity index (χ0n) is 13.1. The number of hydrogen-bond acceptors (Lipinski definition) is 4. The lowest BCUT2D eigenvalue weighted by atomic mass is 9.90. The Kier molecular flexibility index (Phi) is 3.79. The molecule has 0 N–H and O–H groups in total. The Balaban J connectivity index is 1.53. The first-order chi connectivity index (χ1) is 11.3. The number of amides is 1. The lowest BCUT2D eigenvalue weighted by molar-refractivity contribution is -0.105. The molecule has 6 nitrogen and oxygen atoms in total. The predicted molar refractivity (Wildman–Crippen MR) is 84.4 cm³/mol. The molecular weight excluding hydrogens is 294 g/mol. The first kappa shape index (κ1) is 14.7. The van der Waals surface area contributed by atoms with E-state index in [1.807, 2.05) is 29.2 Å².